The summed E-state index contributed by atoms with van der Waals surface area (Å²) in [6.45, 7) is 4.97. The van der Waals surface area contributed by atoms with E-state index in [-0.39, 0.29) is 24.9 Å². The number of fused-ring (bicyclic) bond motifs is 1. The summed E-state index contributed by atoms with van der Waals surface area (Å²) in [4.78, 5) is 12.8. The molecule has 1 N–H and O–H groups in total. The number of aryl methyl sites for hydroxylation is 1. The number of hydrogen-bond donors (Lipinski definition) is 1. The number of nitrogens with zero attached hydrogens (tertiary/aromatic N) is 2. The quantitative estimate of drug-likeness (QED) is 0.634. The van der Waals surface area contributed by atoms with E-state index in [0.717, 1.165) is 23.0 Å². The molecule has 144 valence electrons. The van der Waals surface area contributed by atoms with Gasteiger partial charge in [0.15, 0.2) is 0 Å². The lowest BCUT2D eigenvalue weighted by Gasteiger charge is -2.17. The van der Waals surface area contributed by atoms with E-state index in [1.54, 1.807) is 9.13 Å². The Balaban J connectivity index is 1.71. The van der Waals surface area contributed by atoms with Gasteiger partial charge in [-0.15, -0.1) is 0 Å². The Morgan fingerprint density at radius 3 is 2.33 bits per heavy atom. The molecule has 2 atom stereocenters. The van der Waals surface area contributed by atoms with Crippen molar-refractivity contribution in [2.24, 2.45) is 0 Å². The van der Waals surface area contributed by atoms with E-state index in [0.29, 0.717) is 11.6 Å². The van der Waals surface area contributed by atoms with Crippen LogP contribution in [0.1, 0.15) is 31.9 Å². The summed E-state index contributed by atoms with van der Waals surface area (Å²) < 4.78 is 9.19. The predicted octanol–water partition coefficient (Wildman–Crippen LogP) is 4.01. The Morgan fingerprint density at radius 1 is 1.07 bits per heavy atom. The summed E-state index contributed by atoms with van der Waals surface area (Å²) in [5, 5.41) is 11.1. The Bertz CT molecular complexity index is 946. The maximum absolute atomic E-state index is 12.8. The largest absolute Gasteiger partial charge is 0.389 e. The second kappa shape index (κ2) is 8.74. The number of aliphatic hydroxyl groups is 1. The zero-order chi connectivity index (χ0) is 19.4. The fraction of sp³-hybridized carbons (Fsp3) is 0.381. The van der Waals surface area contributed by atoms with Crippen LogP contribution in [0, 0.1) is 0 Å². The predicted molar refractivity (Wildman–Crippen MR) is 108 cm³/mol. The number of aromatic nitrogens is 2. The first-order valence-corrected chi connectivity index (χ1v) is 9.62. The molecular weight excluding hydrogens is 364 g/mol. The van der Waals surface area contributed by atoms with Gasteiger partial charge in [0.25, 0.3) is 0 Å². The zero-order valence-corrected chi connectivity index (χ0v) is 16.4. The standard InChI is InChI=1S/C21H25ClN2O3/c1-3-12-23-19-6-4-5-7-20(19)24(21(23)26)13-18(25)14-27-15(2)16-8-10-17(22)11-9-16/h4-11,15,18,25H,3,12-14H2,1-2H3/t15-,18+/m1/s1. The summed E-state index contributed by atoms with van der Waals surface area (Å²) in [5.41, 5.74) is 2.62. The van der Waals surface area contributed by atoms with Gasteiger partial charge >= 0.3 is 5.69 Å². The van der Waals surface area contributed by atoms with E-state index in [1.807, 2.05) is 62.4 Å². The highest BCUT2D eigenvalue weighted by Crippen LogP contribution is 2.20. The molecular formula is C21H25ClN2O3. The highest BCUT2D eigenvalue weighted by molar-refractivity contribution is 6.30. The molecule has 0 aliphatic carbocycles. The van der Waals surface area contributed by atoms with Gasteiger partial charge in [0, 0.05) is 11.6 Å². The van der Waals surface area contributed by atoms with Crippen LogP contribution in [0.2, 0.25) is 5.02 Å². The minimum Gasteiger partial charge on any atom is -0.389 e. The van der Waals surface area contributed by atoms with Gasteiger partial charge in [-0.25, -0.2) is 4.79 Å². The molecule has 0 radical (unpaired) electrons. The lowest BCUT2D eigenvalue weighted by Crippen LogP contribution is -2.31. The van der Waals surface area contributed by atoms with Crippen molar-refractivity contribution in [3.8, 4) is 0 Å². The van der Waals surface area contributed by atoms with Crippen molar-refractivity contribution in [2.75, 3.05) is 6.61 Å². The van der Waals surface area contributed by atoms with E-state index in [1.165, 1.54) is 0 Å². The van der Waals surface area contributed by atoms with Gasteiger partial charge in [-0.3, -0.25) is 9.13 Å². The highest BCUT2D eigenvalue weighted by atomic mass is 35.5. The SMILES string of the molecule is CCCn1c(=O)n(C[C@H](O)CO[C@H](C)c2ccc(Cl)cc2)c2ccccc21. The van der Waals surface area contributed by atoms with Crippen molar-refractivity contribution >= 4 is 22.6 Å². The van der Waals surface area contributed by atoms with E-state index >= 15 is 0 Å². The molecule has 0 unspecified atom stereocenters. The molecule has 27 heavy (non-hydrogen) atoms. The number of benzene rings is 2. The maximum Gasteiger partial charge on any atom is 0.329 e. The number of hydrogen-bond acceptors (Lipinski definition) is 3. The van der Waals surface area contributed by atoms with Crippen molar-refractivity contribution in [1.82, 2.24) is 9.13 Å². The molecule has 0 aliphatic heterocycles. The lowest BCUT2D eigenvalue weighted by molar-refractivity contribution is -0.00869. The molecule has 6 heteroatoms. The first kappa shape index (κ1) is 19.7. The second-order valence-corrected chi connectivity index (χ2v) is 7.15. The fourth-order valence-electron chi connectivity index (χ4n) is 3.24. The molecule has 3 rings (SSSR count). The molecule has 0 amide bonds. The minimum absolute atomic E-state index is 0.0946. The van der Waals surface area contributed by atoms with Crippen molar-refractivity contribution in [3.63, 3.8) is 0 Å². The van der Waals surface area contributed by atoms with Gasteiger partial charge in [0.05, 0.1) is 36.4 Å². The van der Waals surface area contributed by atoms with Crippen molar-refractivity contribution in [2.45, 2.75) is 45.6 Å². The van der Waals surface area contributed by atoms with E-state index in [9.17, 15) is 9.90 Å². The van der Waals surface area contributed by atoms with Crippen molar-refractivity contribution in [3.05, 3.63) is 69.6 Å². The third kappa shape index (κ3) is 4.43. The highest BCUT2D eigenvalue weighted by Gasteiger charge is 2.16. The summed E-state index contributed by atoms with van der Waals surface area (Å²) in [6.07, 6.45) is -0.0774. The third-order valence-corrected chi connectivity index (χ3v) is 4.90. The molecule has 0 saturated heterocycles. The van der Waals surface area contributed by atoms with Gasteiger partial charge in [0.1, 0.15) is 0 Å². The Morgan fingerprint density at radius 2 is 1.70 bits per heavy atom. The van der Waals surface area contributed by atoms with Crippen molar-refractivity contribution in [1.29, 1.82) is 0 Å². The van der Waals surface area contributed by atoms with Crippen LogP contribution in [0.4, 0.5) is 0 Å². The molecule has 1 heterocycles. The monoisotopic (exact) mass is 388 g/mol. The number of ether oxygens (including phenoxy) is 1. The molecule has 1 aromatic heterocycles. The molecule has 0 bridgehead atoms. The summed E-state index contributed by atoms with van der Waals surface area (Å²) in [6, 6.07) is 15.1. The van der Waals surface area contributed by atoms with Gasteiger partial charge in [0.2, 0.25) is 0 Å². The summed E-state index contributed by atoms with van der Waals surface area (Å²) in [5.74, 6) is 0. The summed E-state index contributed by atoms with van der Waals surface area (Å²) in [7, 11) is 0. The van der Waals surface area contributed by atoms with E-state index < -0.39 is 6.10 Å². The van der Waals surface area contributed by atoms with Crippen LogP contribution in [0.3, 0.4) is 0 Å². The zero-order valence-electron chi connectivity index (χ0n) is 15.6. The minimum atomic E-state index is -0.779. The van der Waals surface area contributed by atoms with Gasteiger partial charge < -0.3 is 9.84 Å². The van der Waals surface area contributed by atoms with Crippen LogP contribution < -0.4 is 5.69 Å². The topological polar surface area (TPSA) is 56.4 Å². The normalized spacial score (nSPS) is 13.8. The number of para-hydroxylation sites is 2. The maximum atomic E-state index is 12.8. The van der Waals surface area contributed by atoms with E-state index in [4.69, 9.17) is 16.3 Å². The second-order valence-electron chi connectivity index (χ2n) is 6.71. The first-order chi connectivity index (χ1) is 13.0. The number of halogens is 1. The first-order valence-electron chi connectivity index (χ1n) is 9.24. The van der Waals surface area contributed by atoms with Crippen molar-refractivity contribution < 1.29 is 9.84 Å². The Kier molecular flexibility index (Phi) is 6.37. The molecule has 0 saturated carbocycles. The molecule has 0 aliphatic rings. The lowest BCUT2D eigenvalue weighted by atomic mass is 10.1. The van der Waals surface area contributed by atoms with E-state index in [2.05, 4.69) is 0 Å². The molecule has 0 fully saturated rings. The van der Waals surface area contributed by atoms with Crippen LogP contribution in [-0.2, 0) is 17.8 Å². The van der Waals surface area contributed by atoms with Gasteiger partial charge in [-0.05, 0) is 43.2 Å². The fourth-order valence-corrected chi connectivity index (χ4v) is 3.36. The van der Waals surface area contributed by atoms with Crippen LogP contribution in [-0.4, -0.2) is 27.0 Å². The Labute approximate surface area is 163 Å². The third-order valence-electron chi connectivity index (χ3n) is 4.64. The van der Waals surface area contributed by atoms with Gasteiger partial charge in [-0.2, -0.15) is 0 Å². The van der Waals surface area contributed by atoms with Crippen LogP contribution in [0.25, 0.3) is 11.0 Å². The van der Waals surface area contributed by atoms with Crippen LogP contribution in [0.5, 0.6) is 0 Å². The average Bonchev–Trinajstić information content (AvgIpc) is 2.93. The Hall–Kier alpha value is -2.08. The molecule has 0 spiro atoms. The molecule has 5 nitrogen and oxygen atoms in total. The van der Waals surface area contributed by atoms with Crippen LogP contribution >= 0.6 is 11.6 Å². The summed E-state index contributed by atoms with van der Waals surface area (Å²) >= 11 is 5.91. The van der Waals surface area contributed by atoms with Crippen LogP contribution in [0.15, 0.2) is 53.3 Å². The number of imidazole rings is 1. The molecule has 3 aromatic rings. The van der Waals surface area contributed by atoms with Gasteiger partial charge in [-0.1, -0.05) is 42.8 Å². The smallest absolute Gasteiger partial charge is 0.329 e. The average molecular weight is 389 g/mol. The number of aliphatic hydroxyl groups excluding tert-OH is 1. The number of rotatable bonds is 8. The molecule has 2 aromatic carbocycles.